The van der Waals surface area contributed by atoms with Gasteiger partial charge in [-0.2, -0.15) is 0 Å². The van der Waals surface area contributed by atoms with Crippen LogP contribution in [0.2, 0.25) is 0 Å². The molecule has 0 saturated heterocycles. The van der Waals surface area contributed by atoms with Crippen molar-refractivity contribution < 1.29 is 14.3 Å². The van der Waals surface area contributed by atoms with Gasteiger partial charge in [-0.1, -0.05) is 23.8 Å². The summed E-state index contributed by atoms with van der Waals surface area (Å²) in [6.07, 6.45) is 0.628. The van der Waals surface area contributed by atoms with E-state index >= 15 is 0 Å². The lowest BCUT2D eigenvalue weighted by Gasteiger charge is -2.18. The number of hydrogen-bond donors (Lipinski definition) is 2. The number of amides is 3. The van der Waals surface area contributed by atoms with Gasteiger partial charge < -0.3 is 15.4 Å². The highest BCUT2D eigenvalue weighted by Crippen LogP contribution is 2.32. The van der Waals surface area contributed by atoms with Crippen LogP contribution >= 0.6 is 0 Å². The van der Waals surface area contributed by atoms with E-state index < -0.39 is 0 Å². The van der Waals surface area contributed by atoms with Crippen LogP contribution in [0.5, 0.6) is 5.75 Å². The van der Waals surface area contributed by atoms with Gasteiger partial charge in [0.1, 0.15) is 5.75 Å². The summed E-state index contributed by atoms with van der Waals surface area (Å²) in [5.41, 5.74) is 4.79. The number of methoxy groups -OCH3 is 1. The van der Waals surface area contributed by atoms with Crippen LogP contribution in [0.15, 0.2) is 66.7 Å². The Kier molecular flexibility index (Phi) is 5.39. The number of hydrogen-bond acceptors (Lipinski definition) is 3. The number of nitrogens with one attached hydrogen (secondary N) is 2. The molecule has 1 aliphatic rings. The fourth-order valence-electron chi connectivity index (χ4n) is 3.56. The van der Waals surface area contributed by atoms with E-state index in [9.17, 15) is 9.59 Å². The molecule has 0 spiro atoms. The van der Waals surface area contributed by atoms with Gasteiger partial charge in [0.2, 0.25) is 0 Å². The van der Waals surface area contributed by atoms with Gasteiger partial charge in [-0.05, 0) is 67.4 Å². The third kappa shape index (κ3) is 3.98. The van der Waals surface area contributed by atoms with Gasteiger partial charge >= 0.3 is 6.03 Å². The van der Waals surface area contributed by atoms with E-state index in [2.05, 4.69) is 10.6 Å². The van der Waals surface area contributed by atoms with Crippen LogP contribution in [-0.4, -0.2) is 25.6 Å². The molecule has 3 aromatic carbocycles. The Hall–Kier alpha value is -3.80. The van der Waals surface area contributed by atoms with Crippen molar-refractivity contribution in [1.82, 2.24) is 0 Å². The maximum atomic E-state index is 12.8. The van der Waals surface area contributed by atoms with Crippen LogP contribution in [-0.2, 0) is 6.42 Å². The molecule has 0 radical (unpaired) electrons. The Morgan fingerprint density at radius 1 is 0.900 bits per heavy atom. The standard InChI is InChI=1S/C24H23N3O3/c1-16-6-8-17(9-7-16)25-23(28)21-4-3-5-22-20(21)14-15-27(22)24(29)26-18-10-12-19(30-2)13-11-18/h3-13H,14-15H2,1-2H3,(H,25,28)(H,26,29). The number of benzene rings is 3. The molecule has 0 unspecified atom stereocenters. The first-order chi connectivity index (χ1) is 14.5. The molecule has 30 heavy (non-hydrogen) atoms. The van der Waals surface area contributed by atoms with Gasteiger partial charge in [0.05, 0.1) is 7.11 Å². The number of rotatable bonds is 4. The number of anilines is 3. The molecule has 3 amide bonds. The molecule has 0 aliphatic carbocycles. The van der Waals surface area contributed by atoms with Crippen molar-refractivity contribution in [2.75, 3.05) is 29.2 Å². The number of nitrogens with zero attached hydrogens (tertiary/aromatic N) is 1. The average Bonchev–Trinajstić information content (AvgIpc) is 3.20. The minimum atomic E-state index is -0.227. The zero-order chi connectivity index (χ0) is 21.1. The summed E-state index contributed by atoms with van der Waals surface area (Å²) in [5.74, 6) is 0.553. The molecule has 0 bridgehead atoms. The predicted octanol–water partition coefficient (Wildman–Crippen LogP) is 4.85. The van der Waals surface area contributed by atoms with Crippen LogP contribution < -0.4 is 20.3 Å². The second-order valence-corrected chi connectivity index (χ2v) is 7.18. The van der Waals surface area contributed by atoms with E-state index in [4.69, 9.17) is 4.74 Å². The molecule has 0 fully saturated rings. The van der Waals surface area contributed by atoms with Crippen LogP contribution in [0.4, 0.5) is 21.9 Å². The molecule has 0 atom stereocenters. The van der Waals surface area contributed by atoms with Crippen LogP contribution in [0.1, 0.15) is 21.5 Å². The zero-order valence-corrected chi connectivity index (χ0v) is 16.9. The van der Waals surface area contributed by atoms with Gasteiger partial charge in [0.15, 0.2) is 0 Å². The lowest BCUT2D eigenvalue weighted by Crippen LogP contribution is -2.33. The summed E-state index contributed by atoms with van der Waals surface area (Å²) < 4.78 is 5.14. The highest BCUT2D eigenvalue weighted by molar-refractivity contribution is 6.09. The summed E-state index contributed by atoms with van der Waals surface area (Å²) >= 11 is 0. The lowest BCUT2D eigenvalue weighted by molar-refractivity contribution is 0.102. The Morgan fingerprint density at radius 2 is 1.57 bits per heavy atom. The van der Waals surface area contributed by atoms with Crippen molar-refractivity contribution in [3.63, 3.8) is 0 Å². The molecule has 6 heteroatoms. The molecule has 2 N–H and O–H groups in total. The maximum Gasteiger partial charge on any atom is 0.326 e. The molecular formula is C24H23N3O3. The fourth-order valence-corrected chi connectivity index (χ4v) is 3.56. The van der Waals surface area contributed by atoms with Gasteiger partial charge in [0.25, 0.3) is 5.91 Å². The van der Waals surface area contributed by atoms with E-state index in [1.165, 1.54) is 0 Å². The molecule has 0 saturated carbocycles. The zero-order valence-electron chi connectivity index (χ0n) is 16.9. The third-order valence-corrected chi connectivity index (χ3v) is 5.17. The van der Waals surface area contributed by atoms with Crippen molar-refractivity contribution >= 4 is 29.0 Å². The van der Waals surface area contributed by atoms with E-state index in [1.54, 1.807) is 42.3 Å². The molecule has 3 aromatic rings. The molecule has 1 aliphatic heterocycles. The second kappa shape index (κ2) is 8.29. The van der Waals surface area contributed by atoms with E-state index in [0.717, 1.165) is 28.3 Å². The van der Waals surface area contributed by atoms with Crippen molar-refractivity contribution in [3.05, 3.63) is 83.4 Å². The Morgan fingerprint density at radius 3 is 2.27 bits per heavy atom. The SMILES string of the molecule is COc1ccc(NC(=O)N2CCc3c(C(=O)Nc4ccc(C)cc4)cccc32)cc1. The number of aryl methyl sites for hydroxylation is 1. The normalized spacial score (nSPS) is 12.3. The van der Waals surface area contributed by atoms with Crippen LogP contribution in [0.3, 0.4) is 0 Å². The smallest absolute Gasteiger partial charge is 0.326 e. The molecule has 6 nitrogen and oxygen atoms in total. The number of urea groups is 1. The van der Waals surface area contributed by atoms with Gasteiger partial charge in [-0.15, -0.1) is 0 Å². The average molecular weight is 401 g/mol. The molecular weight excluding hydrogens is 378 g/mol. The first-order valence-corrected chi connectivity index (χ1v) is 9.77. The largest absolute Gasteiger partial charge is 0.497 e. The summed E-state index contributed by atoms with van der Waals surface area (Å²) in [7, 11) is 1.60. The molecule has 1 heterocycles. The van der Waals surface area contributed by atoms with E-state index in [0.29, 0.717) is 24.2 Å². The summed E-state index contributed by atoms with van der Waals surface area (Å²) in [4.78, 5) is 27.3. The minimum Gasteiger partial charge on any atom is -0.497 e. The fraction of sp³-hybridized carbons (Fsp3) is 0.167. The van der Waals surface area contributed by atoms with E-state index in [-0.39, 0.29) is 11.9 Å². The van der Waals surface area contributed by atoms with Crippen molar-refractivity contribution in [2.45, 2.75) is 13.3 Å². The summed E-state index contributed by atoms with van der Waals surface area (Å²) in [6, 6.07) is 20.1. The second-order valence-electron chi connectivity index (χ2n) is 7.18. The first-order valence-electron chi connectivity index (χ1n) is 9.77. The highest BCUT2D eigenvalue weighted by atomic mass is 16.5. The Bertz CT molecular complexity index is 1080. The molecule has 4 rings (SSSR count). The monoisotopic (exact) mass is 401 g/mol. The lowest BCUT2D eigenvalue weighted by atomic mass is 10.0. The summed E-state index contributed by atoms with van der Waals surface area (Å²) in [5, 5.41) is 5.84. The van der Waals surface area contributed by atoms with Crippen molar-refractivity contribution in [3.8, 4) is 5.75 Å². The summed E-state index contributed by atoms with van der Waals surface area (Å²) in [6.45, 7) is 2.52. The maximum absolute atomic E-state index is 12.8. The van der Waals surface area contributed by atoms with Crippen molar-refractivity contribution in [1.29, 1.82) is 0 Å². The topological polar surface area (TPSA) is 70.7 Å². The Labute approximate surface area is 175 Å². The third-order valence-electron chi connectivity index (χ3n) is 5.17. The number of fused-ring (bicyclic) bond motifs is 1. The quantitative estimate of drug-likeness (QED) is 0.656. The highest BCUT2D eigenvalue weighted by Gasteiger charge is 2.28. The van der Waals surface area contributed by atoms with Crippen LogP contribution in [0, 0.1) is 6.92 Å². The van der Waals surface area contributed by atoms with Gasteiger partial charge in [-0.25, -0.2) is 4.79 Å². The predicted molar refractivity (Wildman–Crippen MR) is 119 cm³/mol. The van der Waals surface area contributed by atoms with Crippen molar-refractivity contribution in [2.24, 2.45) is 0 Å². The minimum absolute atomic E-state index is 0.173. The molecule has 0 aromatic heterocycles. The number of carbonyl (C=O) groups is 2. The van der Waals surface area contributed by atoms with Gasteiger partial charge in [0, 0.05) is 29.2 Å². The van der Waals surface area contributed by atoms with Crippen LogP contribution in [0.25, 0.3) is 0 Å². The van der Waals surface area contributed by atoms with Gasteiger partial charge in [-0.3, -0.25) is 9.69 Å². The number of ether oxygens (including phenoxy) is 1. The molecule has 152 valence electrons. The Balaban J connectivity index is 1.51. The first kappa shape index (κ1) is 19.5. The van der Waals surface area contributed by atoms with E-state index in [1.807, 2.05) is 43.3 Å². The number of carbonyl (C=O) groups excluding carboxylic acids is 2.